The summed E-state index contributed by atoms with van der Waals surface area (Å²) in [7, 11) is 1.39. The number of esters is 1. The molecule has 0 spiro atoms. The molecular weight excluding hydrogens is 220 g/mol. The number of carbonyl (C=O) groups is 1. The molecule has 0 bridgehead atoms. The van der Waals surface area contributed by atoms with E-state index in [-0.39, 0.29) is 12.3 Å². The molecule has 1 heterocycles. The number of hydrogen-bond acceptors (Lipinski definition) is 4. The molecule has 4 nitrogen and oxygen atoms in total. The summed E-state index contributed by atoms with van der Waals surface area (Å²) in [6, 6.07) is 7.45. The van der Waals surface area contributed by atoms with Crippen LogP contribution in [0.25, 0.3) is 0 Å². The summed E-state index contributed by atoms with van der Waals surface area (Å²) in [5.74, 6) is -0.297. The van der Waals surface area contributed by atoms with Gasteiger partial charge in [-0.3, -0.25) is 0 Å². The van der Waals surface area contributed by atoms with Gasteiger partial charge < -0.3 is 14.2 Å². The molecule has 92 valence electrons. The van der Waals surface area contributed by atoms with Crippen molar-refractivity contribution in [2.24, 2.45) is 0 Å². The predicted molar refractivity (Wildman–Crippen MR) is 61.8 cm³/mol. The van der Waals surface area contributed by atoms with Crippen molar-refractivity contribution < 1.29 is 19.0 Å². The van der Waals surface area contributed by atoms with Crippen LogP contribution in [0.3, 0.4) is 0 Å². The van der Waals surface area contributed by atoms with Gasteiger partial charge in [-0.15, -0.1) is 0 Å². The van der Waals surface area contributed by atoms with Crippen LogP contribution in [-0.2, 0) is 20.6 Å². The van der Waals surface area contributed by atoms with Crippen LogP contribution in [-0.4, -0.2) is 32.6 Å². The van der Waals surface area contributed by atoms with Crippen LogP contribution in [0.1, 0.15) is 22.3 Å². The third-order valence-corrected chi connectivity index (χ3v) is 2.76. The summed E-state index contributed by atoms with van der Waals surface area (Å²) in [5.41, 5.74) is 1.59. The zero-order valence-corrected chi connectivity index (χ0v) is 9.85. The predicted octanol–water partition coefficient (Wildman–Crippen LogP) is 1.78. The van der Waals surface area contributed by atoms with Gasteiger partial charge in [-0.25, -0.2) is 4.79 Å². The quantitative estimate of drug-likeness (QED) is 0.747. The molecule has 0 radical (unpaired) electrons. The van der Waals surface area contributed by atoms with Crippen LogP contribution in [0.4, 0.5) is 0 Å². The van der Waals surface area contributed by atoms with E-state index >= 15 is 0 Å². The van der Waals surface area contributed by atoms with Crippen LogP contribution < -0.4 is 0 Å². The Morgan fingerprint density at radius 3 is 2.76 bits per heavy atom. The van der Waals surface area contributed by atoms with E-state index in [2.05, 4.69) is 0 Å². The van der Waals surface area contributed by atoms with E-state index in [0.717, 1.165) is 18.4 Å². The van der Waals surface area contributed by atoms with Crippen molar-refractivity contribution in [3.8, 4) is 0 Å². The van der Waals surface area contributed by atoms with E-state index in [1.54, 1.807) is 6.07 Å². The molecule has 0 aliphatic carbocycles. The van der Waals surface area contributed by atoms with Crippen LogP contribution in [0, 0.1) is 0 Å². The zero-order valence-electron chi connectivity index (χ0n) is 9.85. The number of ether oxygens (including phenoxy) is 3. The highest BCUT2D eigenvalue weighted by Crippen LogP contribution is 2.16. The van der Waals surface area contributed by atoms with Gasteiger partial charge in [-0.1, -0.05) is 18.2 Å². The topological polar surface area (TPSA) is 44.8 Å². The lowest BCUT2D eigenvalue weighted by molar-refractivity contribution is -0.0462. The molecule has 1 fully saturated rings. The second kappa shape index (κ2) is 5.80. The molecule has 2 rings (SSSR count). The maximum absolute atomic E-state index is 11.5. The third kappa shape index (κ3) is 3.05. The van der Waals surface area contributed by atoms with Gasteiger partial charge in [0.1, 0.15) is 0 Å². The molecule has 1 saturated heterocycles. The van der Waals surface area contributed by atoms with Gasteiger partial charge in [0.2, 0.25) is 0 Å². The summed E-state index contributed by atoms with van der Waals surface area (Å²) in [4.78, 5) is 11.5. The fourth-order valence-corrected chi connectivity index (χ4v) is 1.89. The zero-order chi connectivity index (χ0) is 12.1. The molecule has 1 aromatic rings. The third-order valence-electron chi connectivity index (χ3n) is 2.76. The van der Waals surface area contributed by atoms with Gasteiger partial charge in [-0.05, 0) is 18.1 Å². The molecule has 0 atom stereocenters. The first kappa shape index (κ1) is 12.1. The molecule has 1 aromatic carbocycles. The molecule has 0 saturated carbocycles. The van der Waals surface area contributed by atoms with E-state index in [4.69, 9.17) is 14.2 Å². The maximum Gasteiger partial charge on any atom is 0.338 e. The Balaban J connectivity index is 2.01. The van der Waals surface area contributed by atoms with E-state index in [1.165, 1.54) is 7.11 Å². The number of carbonyl (C=O) groups excluding carboxylic acids is 1. The van der Waals surface area contributed by atoms with E-state index in [1.807, 2.05) is 18.2 Å². The van der Waals surface area contributed by atoms with Crippen LogP contribution in [0.5, 0.6) is 0 Å². The second-order valence-corrected chi connectivity index (χ2v) is 3.86. The standard InChI is InChI=1S/C13H16O4/c1-15-13(14)11-5-3-2-4-10(11)6-7-12-16-8-9-17-12/h2-5,12H,6-9H2,1H3. The minimum atomic E-state index is -0.297. The van der Waals surface area contributed by atoms with Gasteiger partial charge in [0.25, 0.3) is 0 Å². The number of benzene rings is 1. The monoisotopic (exact) mass is 236 g/mol. The van der Waals surface area contributed by atoms with Crippen molar-refractivity contribution in [3.63, 3.8) is 0 Å². The normalized spacial score (nSPS) is 16.1. The van der Waals surface area contributed by atoms with Crippen molar-refractivity contribution in [2.45, 2.75) is 19.1 Å². The number of rotatable bonds is 4. The highest BCUT2D eigenvalue weighted by atomic mass is 16.7. The number of aryl methyl sites for hydroxylation is 1. The van der Waals surface area contributed by atoms with Crippen molar-refractivity contribution in [2.75, 3.05) is 20.3 Å². The van der Waals surface area contributed by atoms with Crippen molar-refractivity contribution in [1.29, 1.82) is 0 Å². The lowest BCUT2D eigenvalue weighted by Crippen LogP contribution is -2.11. The lowest BCUT2D eigenvalue weighted by Gasteiger charge is -2.11. The first-order valence-electron chi connectivity index (χ1n) is 5.70. The molecule has 1 aliphatic heterocycles. The average molecular weight is 236 g/mol. The smallest absolute Gasteiger partial charge is 0.338 e. The molecule has 17 heavy (non-hydrogen) atoms. The van der Waals surface area contributed by atoms with Crippen LogP contribution >= 0.6 is 0 Å². The Kier molecular flexibility index (Phi) is 4.12. The summed E-state index contributed by atoms with van der Waals surface area (Å²) in [6.45, 7) is 1.31. The van der Waals surface area contributed by atoms with Gasteiger partial charge in [0.15, 0.2) is 6.29 Å². The molecular formula is C13H16O4. The molecule has 1 aliphatic rings. The van der Waals surface area contributed by atoms with Crippen LogP contribution in [0.2, 0.25) is 0 Å². The Morgan fingerprint density at radius 1 is 1.35 bits per heavy atom. The van der Waals surface area contributed by atoms with Gasteiger partial charge in [-0.2, -0.15) is 0 Å². The van der Waals surface area contributed by atoms with Gasteiger partial charge in [0.05, 0.1) is 25.9 Å². The Labute approximate surface area is 100 Å². The molecule has 0 N–H and O–H groups in total. The number of hydrogen-bond donors (Lipinski definition) is 0. The molecule has 0 amide bonds. The first-order valence-corrected chi connectivity index (χ1v) is 5.70. The summed E-state index contributed by atoms with van der Waals surface area (Å²) >= 11 is 0. The van der Waals surface area contributed by atoms with Crippen molar-refractivity contribution in [1.82, 2.24) is 0 Å². The summed E-state index contributed by atoms with van der Waals surface area (Å²) < 4.78 is 15.5. The van der Waals surface area contributed by atoms with Gasteiger partial charge in [0, 0.05) is 6.42 Å². The first-order chi connectivity index (χ1) is 8.31. The maximum atomic E-state index is 11.5. The van der Waals surface area contributed by atoms with Crippen molar-refractivity contribution in [3.05, 3.63) is 35.4 Å². The highest BCUT2D eigenvalue weighted by molar-refractivity contribution is 5.90. The minimum absolute atomic E-state index is 0.138. The average Bonchev–Trinajstić information content (AvgIpc) is 2.89. The minimum Gasteiger partial charge on any atom is -0.465 e. The second-order valence-electron chi connectivity index (χ2n) is 3.86. The Bertz CT molecular complexity index is 383. The lowest BCUT2D eigenvalue weighted by atomic mass is 10.0. The fourth-order valence-electron chi connectivity index (χ4n) is 1.89. The van der Waals surface area contributed by atoms with E-state index in [0.29, 0.717) is 18.8 Å². The number of methoxy groups -OCH3 is 1. The fraction of sp³-hybridized carbons (Fsp3) is 0.462. The Hall–Kier alpha value is -1.39. The molecule has 4 heteroatoms. The molecule has 0 aromatic heterocycles. The highest BCUT2D eigenvalue weighted by Gasteiger charge is 2.17. The van der Waals surface area contributed by atoms with E-state index in [9.17, 15) is 4.79 Å². The largest absolute Gasteiger partial charge is 0.465 e. The Morgan fingerprint density at radius 2 is 2.06 bits per heavy atom. The SMILES string of the molecule is COC(=O)c1ccccc1CCC1OCCO1. The van der Waals surface area contributed by atoms with Crippen LogP contribution in [0.15, 0.2) is 24.3 Å². The van der Waals surface area contributed by atoms with Gasteiger partial charge >= 0.3 is 5.97 Å². The van der Waals surface area contributed by atoms with E-state index < -0.39 is 0 Å². The summed E-state index contributed by atoms with van der Waals surface area (Å²) in [5, 5.41) is 0. The van der Waals surface area contributed by atoms with Crippen molar-refractivity contribution >= 4 is 5.97 Å². The summed E-state index contributed by atoms with van der Waals surface area (Å²) in [6.07, 6.45) is 1.37. The molecule has 0 unspecified atom stereocenters.